The van der Waals surface area contributed by atoms with Crippen LogP contribution in [0.4, 0.5) is 18.9 Å². The lowest BCUT2D eigenvalue weighted by atomic mass is 9.75. The highest BCUT2D eigenvalue weighted by atomic mass is 32.2. The van der Waals surface area contributed by atoms with Crippen LogP contribution in [0, 0.1) is 5.41 Å². The van der Waals surface area contributed by atoms with Crippen molar-refractivity contribution >= 4 is 23.6 Å². The molecule has 5 nitrogen and oxygen atoms in total. The minimum atomic E-state index is -5.08. The molecular weight excluding hydrogens is 465 g/mol. The van der Waals surface area contributed by atoms with E-state index in [1.54, 1.807) is 11.9 Å². The second kappa shape index (κ2) is 12.9. The first-order valence-corrected chi connectivity index (χ1v) is 12.4. The molecular formula is C25H33F3N2O3S. The van der Waals surface area contributed by atoms with E-state index in [9.17, 15) is 13.2 Å². The number of anilines is 1. The number of carbonyl (C=O) groups is 1. The van der Waals surface area contributed by atoms with E-state index in [1.165, 1.54) is 36.8 Å². The van der Waals surface area contributed by atoms with Crippen LogP contribution >= 0.6 is 11.9 Å². The van der Waals surface area contributed by atoms with Gasteiger partial charge < -0.3 is 19.9 Å². The van der Waals surface area contributed by atoms with Gasteiger partial charge in [0, 0.05) is 24.5 Å². The second-order valence-corrected chi connectivity index (χ2v) is 9.57. The molecule has 9 heteroatoms. The van der Waals surface area contributed by atoms with E-state index in [-0.39, 0.29) is 0 Å². The van der Waals surface area contributed by atoms with Crippen molar-refractivity contribution in [2.75, 3.05) is 24.1 Å². The quantitative estimate of drug-likeness (QED) is 0.281. The third-order valence-corrected chi connectivity index (χ3v) is 6.10. The smallest absolute Gasteiger partial charge is 0.490 e. The number of aliphatic carboxylic acids is 1. The summed E-state index contributed by atoms with van der Waals surface area (Å²) in [4.78, 5) is 8.90. The standard InChI is InChI=1S/C23H32N2OS.C2HF3O2/c1-23(2)13-11-20(12-14-23)24-15-16-26-22-9-7-18(8-10-22)19-5-4-6-21(17-19)25-27-3;3-2(4,5)1(6)7/h4-10,17,20,24-25H,11-16H2,1-3H3;(H,6,7). The topological polar surface area (TPSA) is 70.6 Å². The molecule has 0 spiro atoms. The summed E-state index contributed by atoms with van der Waals surface area (Å²) in [5.41, 5.74) is 4.07. The number of benzene rings is 2. The molecule has 0 heterocycles. The summed E-state index contributed by atoms with van der Waals surface area (Å²) in [5.74, 6) is -1.82. The van der Waals surface area contributed by atoms with Crippen LogP contribution in [0.1, 0.15) is 39.5 Å². The molecule has 0 unspecified atom stereocenters. The minimum absolute atomic E-state index is 0.529. The molecule has 0 amide bonds. The Kier molecular flexibility index (Phi) is 10.6. The highest BCUT2D eigenvalue weighted by molar-refractivity contribution is 7.99. The summed E-state index contributed by atoms with van der Waals surface area (Å²) < 4.78 is 40.9. The van der Waals surface area contributed by atoms with Crippen molar-refractivity contribution in [2.45, 2.75) is 51.7 Å². The van der Waals surface area contributed by atoms with Gasteiger partial charge in [-0.15, -0.1) is 0 Å². The van der Waals surface area contributed by atoms with Crippen LogP contribution in [-0.4, -0.2) is 42.7 Å². The van der Waals surface area contributed by atoms with Crippen LogP contribution in [0.2, 0.25) is 0 Å². The van der Waals surface area contributed by atoms with Crippen molar-refractivity contribution in [2.24, 2.45) is 5.41 Å². The fourth-order valence-corrected chi connectivity index (χ4v) is 4.02. The summed E-state index contributed by atoms with van der Waals surface area (Å²) >= 11 is 1.61. The zero-order valence-corrected chi connectivity index (χ0v) is 20.6. The van der Waals surface area contributed by atoms with Gasteiger partial charge in [0.05, 0.1) is 0 Å². The fraction of sp³-hybridized carbons (Fsp3) is 0.480. The Bertz CT molecular complexity index is 895. The van der Waals surface area contributed by atoms with E-state index in [1.807, 2.05) is 6.26 Å². The molecule has 3 N–H and O–H groups in total. The van der Waals surface area contributed by atoms with E-state index in [0.717, 1.165) is 18.0 Å². The highest BCUT2D eigenvalue weighted by Gasteiger charge is 2.38. The van der Waals surface area contributed by atoms with Gasteiger partial charge in [-0.1, -0.05) is 50.1 Å². The molecule has 1 saturated carbocycles. The Labute approximate surface area is 203 Å². The van der Waals surface area contributed by atoms with E-state index < -0.39 is 12.1 Å². The van der Waals surface area contributed by atoms with E-state index in [2.05, 4.69) is 72.4 Å². The van der Waals surface area contributed by atoms with Gasteiger partial charge in [-0.05, 0) is 66.5 Å². The predicted octanol–water partition coefficient (Wildman–Crippen LogP) is 6.61. The molecule has 0 atom stereocenters. The number of carboxylic acid groups (broad SMARTS) is 1. The van der Waals surface area contributed by atoms with Gasteiger partial charge in [-0.3, -0.25) is 0 Å². The third kappa shape index (κ3) is 9.85. The molecule has 0 aliphatic heterocycles. The van der Waals surface area contributed by atoms with E-state index >= 15 is 0 Å². The molecule has 0 aromatic heterocycles. The van der Waals surface area contributed by atoms with Crippen LogP contribution < -0.4 is 14.8 Å². The lowest BCUT2D eigenvalue weighted by Crippen LogP contribution is -2.37. The fourth-order valence-electron chi connectivity index (χ4n) is 3.66. The molecule has 34 heavy (non-hydrogen) atoms. The van der Waals surface area contributed by atoms with Crippen LogP contribution in [0.5, 0.6) is 5.75 Å². The maximum absolute atomic E-state index is 10.6. The molecule has 1 aliphatic carbocycles. The number of hydrogen-bond acceptors (Lipinski definition) is 5. The van der Waals surface area contributed by atoms with Crippen LogP contribution in [0.3, 0.4) is 0 Å². The van der Waals surface area contributed by atoms with Gasteiger partial charge in [-0.2, -0.15) is 13.2 Å². The number of hydrogen-bond donors (Lipinski definition) is 3. The molecule has 3 rings (SSSR count). The Morgan fingerprint density at radius 2 is 1.74 bits per heavy atom. The Balaban J connectivity index is 0.000000509. The SMILES string of the molecule is CSNc1cccc(-c2ccc(OCCNC3CCC(C)(C)CC3)cc2)c1.O=C(O)C(F)(F)F. The summed E-state index contributed by atoms with van der Waals surface area (Å²) in [5, 5.41) is 10.8. The van der Waals surface area contributed by atoms with E-state index in [4.69, 9.17) is 14.6 Å². The largest absolute Gasteiger partial charge is 0.492 e. The lowest BCUT2D eigenvalue weighted by Gasteiger charge is -2.34. The van der Waals surface area contributed by atoms with Crippen LogP contribution in [0.25, 0.3) is 11.1 Å². The number of alkyl halides is 3. The first-order chi connectivity index (χ1) is 16.0. The first kappa shape index (κ1) is 27.9. The normalized spacial score (nSPS) is 15.7. The minimum Gasteiger partial charge on any atom is -0.492 e. The van der Waals surface area contributed by atoms with Gasteiger partial charge in [-0.25, -0.2) is 4.79 Å². The summed E-state index contributed by atoms with van der Waals surface area (Å²) in [6.07, 6.45) is 2.16. The predicted molar refractivity (Wildman–Crippen MR) is 132 cm³/mol. The van der Waals surface area contributed by atoms with Crippen molar-refractivity contribution in [3.8, 4) is 16.9 Å². The molecule has 0 saturated heterocycles. The Hall–Kier alpha value is -2.39. The lowest BCUT2D eigenvalue weighted by molar-refractivity contribution is -0.192. The Morgan fingerprint density at radius 1 is 1.12 bits per heavy atom. The summed E-state index contributed by atoms with van der Waals surface area (Å²) in [7, 11) is 0. The number of ether oxygens (including phenoxy) is 1. The Morgan fingerprint density at radius 3 is 2.29 bits per heavy atom. The molecule has 2 aromatic carbocycles. The molecule has 0 bridgehead atoms. The van der Waals surface area contributed by atoms with Crippen molar-refractivity contribution in [1.29, 1.82) is 0 Å². The first-order valence-electron chi connectivity index (χ1n) is 11.2. The molecule has 2 aromatic rings. The van der Waals surface area contributed by atoms with Crippen molar-refractivity contribution in [1.82, 2.24) is 5.32 Å². The van der Waals surface area contributed by atoms with Crippen molar-refractivity contribution < 1.29 is 27.8 Å². The van der Waals surface area contributed by atoms with Crippen molar-refractivity contribution in [3.05, 3.63) is 48.5 Å². The van der Waals surface area contributed by atoms with Gasteiger partial charge >= 0.3 is 12.1 Å². The highest BCUT2D eigenvalue weighted by Crippen LogP contribution is 2.35. The second-order valence-electron chi connectivity index (χ2n) is 8.96. The number of nitrogens with one attached hydrogen (secondary N) is 2. The summed E-state index contributed by atoms with van der Waals surface area (Å²) in [6, 6.07) is 17.5. The van der Waals surface area contributed by atoms with Gasteiger partial charge in [0.2, 0.25) is 0 Å². The number of carboxylic acids is 1. The number of rotatable bonds is 8. The zero-order valence-electron chi connectivity index (χ0n) is 19.7. The average molecular weight is 499 g/mol. The molecule has 1 fully saturated rings. The van der Waals surface area contributed by atoms with Crippen molar-refractivity contribution in [3.63, 3.8) is 0 Å². The van der Waals surface area contributed by atoms with Gasteiger partial charge in [0.25, 0.3) is 0 Å². The van der Waals surface area contributed by atoms with Crippen LogP contribution in [0.15, 0.2) is 48.5 Å². The van der Waals surface area contributed by atoms with Crippen LogP contribution in [-0.2, 0) is 4.79 Å². The zero-order chi connectivity index (χ0) is 25.2. The summed E-state index contributed by atoms with van der Waals surface area (Å²) in [6.45, 7) is 6.39. The van der Waals surface area contributed by atoms with Gasteiger partial charge in [0.1, 0.15) is 12.4 Å². The number of halogens is 3. The average Bonchev–Trinajstić information content (AvgIpc) is 2.78. The van der Waals surface area contributed by atoms with E-state index in [0.29, 0.717) is 18.1 Å². The maximum atomic E-state index is 10.6. The maximum Gasteiger partial charge on any atom is 0.490 e. The molecule has 0 radical (unpaired) electrons. The molecule has 188 valence electrons. The van der Waals surface area contributed by atoms with Gasteiger partial charge in [0.15, 0.2) is 0 Å². The molecule has 1 aliphatic rings. The monoisotopic (exact) mass is 498 g/mol. The third-order valence-electron chi connectivity index (χ3n) is 5.66.